The normalized spacial score (nSPS) is 11.9. The van der Waals surface area contributed by atoms with Gasteiger partial charge in [-0.15, -0.1) is 0 Å². The average molecular weight is 444 g/mol. The summed E-state index contributed by atoms with van der Waals surface area (Å²) in [6, 6.07) is 11.0. The SMILES string of the molecule is Cn1c(Nc2nc3ccc(Cl)cc3s2)nc2cc(C(=O)NCC(C)(C)CO)ccc21. The van der Waals surface area contributed by atoms with Gasteiger partial charge in [0.1, 0.15) is 0 Å². The van der Waals surface area contributed by atoms with Crippen LogP contribution in [0.4, 0.5) is 11.1 Å². The summed E-state index contributed by atoms with van der Waals surface area (Å²) in [6.45, 7) is 4.17. The topological polar surface area (TPSA) is 92.1 Å². The molecule has 0 unspecified atom stereocenters. The molecule has 1 amide bonds. The first-order valence-electron chi connectivity index (χ1n) is 9.44. The van der Waals surface area contributed by atoms with Crippen molar-refractivity contribution in [3.8, 4) is 0 Å². The lowest BCUT2D eigenvalue weighted by molar-refractivity contribution is 0.0911. The van der Waals surface area contributed by atoms with Crippen molar-refractivity contribution in [1.82, 2.24) is 19.9 Å². The Morgan fingerprint density at radius 1 is 1.20 bits per heavy atom. The van der Waals surface area contributed by atoms with Gasteiger partial charge in [0.05, 0.1) is 21.3 Å². The Hall–Kier alpha value is -2.68. The minimum atomic E-state index is -0.372. The Morgan fingerprint density at radius 3 is 2.77 bits per heavy atom. The second-order valence-electron chi connectivity index (χ2n) is 7.96. The number of anilines is 2. The highest BCUT2D eigenvalue weighted by Crippen LogP contribution is 2.31. The van der Waals surface area contributed by atoms with E-state index in [1.54, 1.807) is 12.1 Å². The van der Waals surface area contributed by atoms with Gasteiger partial charge in [0.2, 0.25) is 5.95 Å². The van der Waals surface area contributed by atoms with Crippen LogP contribution in [-0.4, -0.2) is 38.7 Å². The summed E-state index contributed by atoms with van der Waals surface area (Å²) in [7, 11) is 1.91. The van der Waals surface area contributed by atoms with E-state index in [9.17, 15) is 9.90 Å². The lowest BCUT2D eigenvalue weighted by Crippen LogP contribution is -2.36. The number of hydrogen-bond donors (Lipinski definition) is 3. The number of fused-ring (bicyclic) bond motifs is 2. The van der Waals surface area contributed by atoms with Crippen molar-refractivity contribution in [3.05, 3.63) is 47.0 Å². The number of aliphatic hydroxyl groups is 1. The van der Waals surface area contributed by atoms with Gasteiger partial charge in [-0.3, -0.25) is 4.79 Å². The molecule has 156 valence electrons. The van der Waals surface area contributed by atoms with Crippen molar-refractivity contribution in [1.29, 1.82) is 0 Å². The molecule has 30 heavy (non-hydrogen) atoms. The molecule has 0 atom stereocenters. The third kappa shape index (κ3) is 4.12. The molecular formula is C21H22ClN5O2S. The molecule has 3 N–H and O–H groups in total. The van der Waals surface area contributed by atoms with E-state index >= 15 is 0 Å². The quantitative estimate of drug-likeness (QED) is 0.412. The number of aromatic nitrogens is 3. The second kappa shape index (κ2) is 7.86. The number of halogens is 1. The fraction of sp³-hybridized carbons (Fsp3) is 0.286. The van der Waals surface area contributed by atoms with Crippen LogP contribution < -0.4 is 10.6 Å². The summed E-state index contributed by atoms with van der Waals surface area (Å²) in [5.74, 6) is 0.441. The van der Waals surface area contributed by atoms with Gasteiger partial charge in [-0.25, -0.2) is 9.97 Å². The maximum absolute atomic E-state index is 12.5. The average Bonchev–Trinajstić information content (AvgIpc) is 3.26. The van der Waals surface area contributed by atoms with Gasteiger partial charge in [0, 0.05) is 36.2 Å². The summed E-state index contributed by atoms with van der Waals surface area (Å²) in [5.41, 5.74) is 2.63. The number of carbonyl (C=O) groups excluding carboxylic acids is 1. The van der Waals surface area contributed by atoms with Crippen molar-refractivity contribution < 1.29 is 9.90 Å². The maximum Gasteiger partial charge on any atom is 0.251 e. The molecule has 0 radical (unpaired) electrons. The van der Waals surface area contributed by atoms with E-state index in [4.69, 9.17) is 11.6 Å². The van der Waals surface area contributed by atoms with E-state index in [-0.39, 0.29) is 17.9 Å². The Morgan fingerprint density at radius 2 is 2.00 bits per heavy atom. The van der Waals surface area contributed by atoms with Crippen LogP contribution in [0.2, 0.25) is 5.02 Å². The number of nitrogens with one attached hydrogen (secondary N) is 2. The highest BCUT2D eigenvalue weighted by Gasteiger charge is 2.19. The molecule has 9 heteroatoms. The number of hydrogen-bond acceptors (Lipinski definition) is 6. The zero-order valence-corrected chi connectivity index (χ0v) is 18.4. The summed E-state index contributed by atoms with van der Waals surface area (Å²) in [4.78, 5) is 21.7. The van der Waals surface area contributed by atoms with Crippen molar-refractivity contribution in [2.75, 3.05) is 18.5 Å². The molecule has 2 aromatic carbocycles. The number of benzene rings is 2. The summed E-state index contributed by atoms with van der Waals surface area (Å²) < 4.78 is 2.92. The summed E-state index contributed by atoms with van der Waals surface area (Å²) in [6.07, 6.45) is 0. The molecular weight excluding hydrogens is 422 g/mol. The summed E-state index contributed by atoms with van der Waals surface area (Å²) >= 11 is 7.56. The van der Waals surface area contributed by atoms with E-state index in [1.165, 1.54) is 11.3 Å². The number of aliphatic hydroxyl groups excluding tert-OH is 1. The van der Waals surface area contributed by atoms with Crippen molar-refractivity contribution in [3.63, 3.8) is 0 Å². The minimum absolute atomic E-state index is 0.000439. The number of amides is 1. The first-order chi connectivity index (χ1) is 14.3. The predicted molar refractivity (Wildman–Crippen MR) is 122 cm³/mol. The van der Waals surface area contributed by atoms with Crippen LogP contribution in [0.3, 0.4) is 0 Å². The standard InChI is InChI=1S/C21H22ClN5O2S/c1-21(2,11-28)10-23-18(29)12-4-7-16-15(8-12)24-19(27(16)3)26-20-25-14-6-5-13(22)9-17(14)30-20/h4-9,28H,10-11H2,1-3H3,(H,23,29)(H,24,25,26). The van der Waals surface area contributed by atoms with Crippen LogP contribution in [0.15, 0.2) is 36.4 Å². The maximum atomic E-state index is 12.5. The summed E-state index contributed by atoms with van der Waals surface area (Å²) in [5, 5.41) is 16.9. The van der Waals surface area contributed by atoms with Gasteiger partial charge >= 0.3 is 0 Å². The van der Waals surface area contributed by atoms with Crippen molar-refractivity contribution >= 4 is 61.2 Å². The molecule has 4 rings (SSSR count). The van der Waals surface area contributed by atoms with Crippen molar-refractivity contribution in [2.45, 2.75) is 13.8 Å². The number of nitrogens with zero attached hydrogens (tertiary/aromatic N) is 3. The highest BCUT2D eigenvalue weighted by atomic mass is 35.5. The lowest BCUT2D eigenvalue weighted by Gasteiger charge is -2.21. The fourth-order valence-corrected chi connectivity index (χ4v) is 4.11. The molecule has 0 saturated heterocycles. The molecule has 0 fully saturated rings. The van der Waals surface area contributed by atoms with Crippen molar-refractivity contribution in [2.24, 2.45) is 12.5 Å². The molecule has 0 spiro atoms. The molecule has 0 aliphatic carbocycles. The molecule has 0 aliphatic rings. The molecule has 7 nitrogen and oxygen atoms in total. The van der Waals surface area contributed by atoms with Gasteiger partial charge in [-0.1, -0.05) is 36.8 Å². The Balaban J connectivity index is 1.57. The molecule has 0 saturated carbocycles. The van der Waals surface area contributed by atoms with E-state index in [0.29, 0.717) is 28.6 Å². The van der Waals surface area contributed by atoms with Crippen LogP contribution in [0, 0.1) is 5.41 Å². The largest absolute Gasteiger partial charge is 0.396 e. The molecule has 0 aliphatic heterocycles. The monoisotopic (exact) mass is 443 g/mol. The lowest BCUT2D eigenvalue weighted by atomic mass is 9.95. The number of carbonyl (C=O) groups is 1. The highest BCUT2D eigenvalue weighted by molar-refractivity contribution is 7.22. The van der Waals surface area contributed by atoms with Gasteiger partial charge in [0.25, 0.3) is 5.91 Å². The van der Waals surface area contributed by atoms with Crippen LogP contribution >= 0.6 is 22.9 Å². The zero-order chi connectivity index (χ0) is 21.5. The smallest absolute Gasteiger partial charge is 0.251 e. The molecule has 2 aromatic heterocycles. The van der Waals surface area contributed by atoms with E-state index < -0.39 is 0 Å². The Bertz CT molecular complexity index is 1250. The Labute approximate surface area is 182 Å². The van der Waals surface area contributed by atoms with Gasteiger partial charge in [-0.2, -0.15) is 0 Å². The molecule has 2 heterocycles. The minimum Gasteiger partial charge on any atom is -0.396 e. The third-order valence-corrected chi connectivity index (χ3v) is 6.04. The van der Waals surface area contributed by atoms with Crippen LogP contribution in [0.25, 0.3) is 21.3 Å². The number of aryl methyl sites for hydroxylation is 1. The first kappa shape index (κ1) is 20.6. The number of imidazole rings is 1. The zero-order valence-electron chi connectivity index (χ0n) is 16.9. The van der Waals surface area contributed by atoms with Gasteiger partial charge in [0.15, 0.2) is 5.13 Å². The van der Waals surface area contributed by atoms with Crippen LogP contribution in [-0.2, 0) is 7.05 Å². The third-order valence-electron chi connectivity index (χ3n) is 4.87. The molecule has 0 bridgehead atoms. The van der Waals surface area contributed by atoms with E-state index in [1.807, 2.05) is 49.7 Å². The van der Waals surface area contributed by atoms with Gasteiger partial charge < -0.3 is 20.3 Å². The van der Waals surface area contributed by atoms with Crippen LogP contribution in [0.5, 0.6) is 0 Å². The Kier molecular flexibility index (Phi) is 5.40. The van der Waals surface area contributed by atoms with Gasteiger partial charge in [-0.05, 0) is 36.4 Å². The first-order valence-corrected chi connectivity index (χ1v) is 10.6. The number of thiazole rings is 1. The van der Waals surface area contributed by atoms with E-state index in [0.717, 1.165) is 20.9 Å². The fourth-order valence-electron chi connectivity index (χ4n) is 2.98. The van der Waals surface area contributed by atoms with E-state index in [2.05, 4.69) is 20.6 Å². The van der Waals surface area contributed by atoms with Crippen LogP contribution in [0.1, 0.15) is 24.2 Å². The predicted octanol–water partition coefficient (Wildman–Crippen LogP) is 4.33. The second-order valence-corrected chi connectivity index (χ2v) is 9.43. The molecule has 4 aromatic rings. The number of rotatable bonds is 6.